The Morgan fingerprint density at radius 2 is 0.688 bits per heavy atom. The van der Waals surface area contributed by atoms with E-state index in [0.29, 0.717) is 37.3 Å². The third-order valence-corrected chi connectivity index (χ3v) is 10.0. The Hall–Kier alpha value is -7.36. The largest absolute Gasteiger partial charge is 0.339 e. The van der Waals surface area contributed by atoms with Crippen LogP contribution in [0.15, 0.2) is 97.6 Å². The fraction of sp³-hybridized carbons (Fsp3) is 0.333. The molecule has 16 heteroatoms. The quantitative estimate of drug-likeness (QED) is 0.0522. The van der Waals surface area contributed by atoms with Crippen molar-refractivity contribution >= 4 is 58.7 Å². The van der Waals surface area contributed by atoms with Crippen molar-refractivity contribution in [3.8, 4) is 0 Å². The van der Waals surface area contributed by atoms with Crippen LogP contribution in [0.2, 0.25) is 0 Å². The number of pyridine rings is 4. The van der Waals surface area contributed by atoms with E-state index in [1.807, 2.05) is 0 Å². The van der Waals surface area contributed by atoms with E-state index in [1.54, 1.807) is 52.3 Å². The van der Waals surface area contributed by atoms with E-state index in [0.717, 1.165) is 51.4 Å². The van der Waals surface area contributed by atoms with Gasteiger partial charge in [-0.05, 0) is 80.3 Å². The number of rotatable bonds is 22. The van der Waals surface area contributed by atoms with Gasteiger partial charge in [-0.3, -0.25) is 38.7 Å². The zero-order valence-electron chi connectivity index (χ0n) is 36.9. The Balaban J connectivity index is 1.18. The smallest absolute Gasteiger partial charge is 0.258 e. The first-order chi connectivity index (χ1) is 31.0. The third-order valence-electron chi connectivity index (χ3n) is 10.0. The number of aromatic nitrogens is 4. The van der Waals surface area contributed by atoms with E-state index in [2.05, 4.69) is 68.9 Å². The van der Waals surface area contributed by atoms with E-state index in [1.165, 1.54) is 55.1 Å². The number of benzene rings is 1. The number of nitrogens with one attached hydrogen (secondary N) is 4. The lowest BCUT2D eigenvalue weighted by Gasteiger charge is -2.22. The van der Waals surface area contributed by atoms with Gasteiger partial charge in [0.05, 0.1) is 22.3 Å². The van der Waals surface area contributed by atoms with Crippen LogP contribution in [-0.2, 0) is 0 Å². The number of amides is 6. The lowest BCUT2D eigenvalue weighted by molar-refractivity contribution is 0.0742. The second kappa shape index (κ2) is 24.3. The van der Waals surface area contributed by atoms with E-state index >= 15 is 0 Å². The zero-order valence-corrected chi connectivity index (χ0v) is 36.9. The number of carbonyl (C=O) groups excluding carboxylic acids is 6. The minimum atomic E-state index is -0.561. The van der Waals surface area contributed by atoms with Gasteiger partial charge in [-0.15, -0.1) is 0 Å². The average molecular weight is 869 g/mol. The Labute approximate surface area is 373 Å². The second-order valence-electron chi connectivity index (χ2n) is 15.1. The highest BCUT2D eigenvalue weighted by atomic mass is 16.2. The number of carbonyl (C=O) groups is 6. The number of nitrogens with zero attached hydrogens (tertiary/aromatic N) is 6. The number of hydrogen-bond acceptors (Lipinski definition) is 10. The third kappa shape index (κ3) is 13.8. The fourth-order valence-corrected chi connectivity index (χ4v) is 6.46. The van der Waals surface area contributed by atoms with Crippen molar-refractivity contribution in [2.45, 2.75) is 79.1 Å². The summed E-state index contributed by atoms with van der Waals surface area (Å²) in [5.74, 6) is -1.97. The van der Waals surface area contributed by atoms with Gasteiger partial charge in [-0.25, -0.2) is 9.97 Å². The summed E-state index contributed by atoms with van der Waals surface area (Å²) in [6, 6.07) is 18.5. The highest BCUT2D eigenvalue weighted by Gasteiger charge is 2.20. The molecule has 0 radical (unpaired) electrons. The SMILES string of the molecule is CCCCN(CCCC)C(=O)c1cncc(C(=O)Nc2cccc(NC(=O)c3cccc(C(=O)Nc4cccc(NC(=O)c5cncc(C(=O)N(CCCC)CCCC)c5)n4)c3)n2)c1. The Morgan fingerprint density at radius 1 is 0.406 bits per heavy atom. The Morgan fingerprint density at radius 3 is 1.02 bits per heavy atom. The molecule has 334 valence electrons. The van der Waals surface area contributed by atoms with Crippen molar-refractivity contribution in [1.82, 2.24) is 29.7 Å². The molecule has 0 saturated heterocycles. The van der Waals surface area contributed by atoms with Crippen molar-refractivity contribution < 1.29 is 28.8 Å². The first kappa shape index (κ1) is 47.7. The molecule has 4 aromatic heterocycles. The summed E-state index contributed by atoms with van der Waals surface area (Å²) in [7, 11) is 0. The minimum Gasteiger partial charge on any atom is -0.339 e. The second-order valence-corrected chi connectivity index (χ2v) is 15.1. The van der Waals surface area contributed by atoms with Gasteiger partial charge in [0.2, 0.25) is 0 Å². The molecule has 0 aliphatic rings. The van der Waals surface area contributed by atoms with Crippen LogP contribution < -0.4 is 21.3 Å². The van der Waals surface area contributed by atoms with Crippen LogP contribution in [0.25, 0.3) is 0 Å². The van der Waals surface area contributed by atoms with Crippen molar-refractivity contribution in [3.05, 3.63) is 131 Å². The number of hydrogen-bond donors (Lipinski definition) is 4. The summed E-state index contributed by atoms with van der Waals surface area (Å²) in [6.07, 6.45) is 12.9. The Bertz CT molecular complexity index is 2250. The number of anilines is 4. The molecular weight excluding hydrogens is 813 g/mol. The molecule has 5 rings (SSSR count). The van der Waals surface area contributed by atoms with Crippen LogP contribution >= 0.6 is 0 Å². The van der Waals surface area contributed by atoms with Crippen LogP contribution in [0.1, 0.15) is 141 Å². The highest BCUT2D eigenvalue weighted by molar-refractivity contribution is 6.09. The lowest BCUT2D eigenvalue weighted by atomic mass is 10.1. The fourth-order valence-electron chi connectivity index (χ4n) is 6.46. The molecule has 64 heavy (non-hydrogen) atoms. The van der Waals surface area contributed by atoms with Crippen LogP contribution in [0.4, 0.5) is 23.3 Å². The normalized spacial score (nSPS) is 10.7. The predicted octanol–water partition coefficient (Wildman–Crippen LogP) is 8.36. The topological polar surface area (TPSA) is 209 Å². The van der Waals surface area contributed by atoms with Gasteiger partial charge >= 0.3 is 0 Å². The maximum atomic E-state index is 13.3. The lowest BCUT2D eigenvalue weighted by Crippen LogP contribution is -2.33. The molecule has 0 unspecified atom stereocenters. The highest BCUT2D eigenvalue weighted by Crippen LogP contribution is 2.18. The van der Waals surface area contributed by atoms with Crippen LogP contribution in [0, 0.1) is 0 Å². The monoisotopic (exact) mass is 868 g/mol. The average Bonchev–Trinajstić information content (AvgIpc) is 3.31. The van der Waals surface area contributed by atoms with E-state index in [-0.39, 0.29) is 57.3 Å². The zero-order chi connectivity index (χ0) is 45.8. The molecule has 0 aliphatic heterocycles. The number of unbranched alkanes of at least 4 members (excludes halogenated alkanes) is 4. The molecule has 5 aromatic rings. The minimum absolute atomic E-state index is 0.139. The molecule has 0 spiro atoms. The van der Waals surface area contributed by atoms with Crippen molar-refractivity contribution in [3.63, 3.8) is 0 Å². The van der Waals surface area contributed by atoms with Crippen LogP contribution in [0.5, 0.6) is 0 Å². The Kier molecular flexibility index (Phi) is 18.1. The van der Waals surface area contributed by atoms with Gasteiger partial charge in [0.1, 0.15) is 23.3 Å². The van der Waals surface area contributed by atoms with Crippen molar-refractivity contribution in [2.24, 2.45) is 0 Å². The predicted molar refractivity (Wildman–Crippen MR) is 247 cm³/mol. The molecule has 1 aromatic carbocycles. The molecule has 16 nitrogen and oxygen atoms in total. The maximum Gasteiger partial charge on any atom is 0.258 e. The van der Waals surface area contributed by atoms with Gasteiger partial charge in [0.15, 0.2) is 0 Å². The standard InChI is InChI=1S/C48H56N10O6/c1-5-9-22-57(23-10-6-2)47(63)37-27-35(29-49-31-37)45(61)55-41-20-14-18-39(51-41)53-43(59)33-16-13-17-34(26-33)44(60)54-40-19-15-21-42(52-40)56-46(62)36-28-38(32-50-30-36)48(64)58(24-11-7-3)25-12-8-4/h13-21,26-32H,5-12,22-25H2,1-4H3,(H2,51,53,55,59,61)(H2,52,54,56,60,62). The van der Waals surface area contributed by atoms with Crippen LogP contribution in [-0.4, -0.2) is 91.4 Å². The summed E-state index contributed by atoms with van der Waals surface area (Å²) in [4.78, 5) is 100. The van der Waals surface area contributed by atoms with Crippen molar-refractivity contribution in [2.75, 3.05) is 47.4 Å². The molecule has 0 fully saturated rings. The van der Waals surface area contributed by atoms with Gasteiger partial charge in [0.25, 0.3) is 35.4 Å². The van der Waals surface area contributed by atoms with Gasteiger partial charge in [-0.2, -0.15) is 0 Å². The first-order valence-corrected chi connectivity index (χ1v) is 21.8. The van der Waals surface area contributed by atoms with Gasteiger partial charge < -0.3 is 31.1 Å². The van der Waals surface area contributed by atoms with Gasteiger partial charge in [0, 0.05) is 62.1 Å². The van der Waals surface area contributed by atoms with E-state index in [9.17, 15) is 28.8 Å². The molecule has 0 saturated carbocycles. The maximum absolute atomic E-state index is 13.3. The van der Waals surface area contributed by atoms with Crippen molar-refractivity contribution in [1.29, 1.82) is 0 Å². The molecule has 0 bridgehead atoms. The summed E-state index contributed by atoms with van der Waals surface area (Å²) in [5.41, 5.74) is 1.30. The first-order valence-electron chi connectivity index (χ1n) is 21.8. The molecular formula is C48H56N10O6. The van der Waals surface area contributed by atoms with E-state index < -0.39 is 23.6 Å². The summed E-state index contributed by atoms with van der Waals surface area (Å²) in [5, 5.41) is 10.8. The summed E-state index contributed by atoms with van der Waals surface area (Å²) < 4.78 is 0. The molecule has 4 heterocycles. The molecule has 0 aliphatic carbocycles. The molecule has 4 N–H and O–H groups in total. The summed E-state index contributed by atoms with van der Waals surface area (Å²) >= 11 is 0. The van der Waals surface area contributed by atoms with Gasteiger partial charge in [-0.1, -0.05) is 71.6 Å². The summed E-state index contributed by atoms with van der Waals surface area (Å²) in [6.45, 7) is 10.8. The molecule has 0 atom stereocenters. The van der Waals surface area contributed by atoms with E-state index in [4.69, 9.17) is 0 Å². The molecule has 6 amide bonds. The van der Waals surface area contributed by atoms with Crippen LogP contribution in [0.3, 0.4) is 0 Å².